The Morgan fingerprint density at radius 2 is 1.56 bits per heavy atom. The standard InChI is InChI=1S/C27H22FN3O/c28-25-9-5-4-8-23(25)18-29-26-16-15-24(19-30-26)31-27(32)17-12-20-10-13-22(14-11-20)21-6-2-1-3-7-21/h1-17,19H,18H2,(H,29,30)(H,31,32)/b17-12+. The van der Waals surface area contributed by atoms with Crippen LogP contribution in [0.3, 0.4) is 0 Å². The Balaban J connectivity index is 1.30. The Bertz CT molecular complexity index is 1200. The first-order valence-electron chi connectivity index (χ1n) is 10.3. The molecule has 1 aromatic heterocycles. The van der Waals surface area contributed by atoms with Crippen molar-refractivity contribution in [2.75, 3.05) is 10.6 Å². The van der Waals surface area contributed by atoms with Gasteiger partial charge in [0.25, 0.3) is 0 Å². The lowest BCUT2D eigenvalue weighted by Crippen LogP contribution is -2.08. The molecule has 1 amide bonds. The first-order chi connectivity index (χ1) is 15.7. The Labute approximate surface area is 186 Å². The fraction of sp³-hybridized carbons (Fsp3) is 0.0370. The molecule has 4 aromatic rings. The molecular formula is C27H22FN3O. The maximum absolute atomic E-state index is 13.7. The van der Waals surface area contributed by atoms with Gasteiger partial charge in [-0.05, 0) is 41.0 Å². The number of carbonyl (C=O) groups is 1. The molecule has 0 aliphatic carbocycles. The first-order valence-corrected chi connectivity index (χ1v) is 10.3. The summed E-state index contributed by atoms with van der Waals surface area (Å²) >= 11 is 0. The highest BCUT2D eigenvalue weighted by Crippen LogP contribution is 2.19. The number of nitrogens with one attached hydrogen (secondary N) is 2. The van der Waals surface area contributed by atoms with Crippen LogP contribution in [0.25, 0.3) is 17.2 Å². The summed E-state index contributed by atoms with van der Waals surface area (Å²) in [4.78, 5) is 16.5. The van der Waals surface area contributed by atoms with E-state index in [0.29, 0.717) is 23.6 Å². The first kappa shape index (κ1) is 21.0. The number of halogens is 1. The zero-order chi connectivity index (χ0) is 22.2. The van der Waals surface area contributed by atoms with Crippen LogP contribution in [-0.4, -0.2) is 10.9 Å². The van der Waals surface area contributed by atoms with Crippen LogP contribution in [0.1, 0.15) is 11.1 Å². The van der Waals surface area contributed by atoms with E-state index in [1.807, 2.05) is 42.5 Å². The lowest BCUT2D eigenvalue weighted by atomic mass is 10.0. The van der Waals surface area contributed by atoms with Gasteiger partial charge in [0.05, 0.1) is 11.9 Å². The van der Waals surface area contributed by atoms with Gasteiger partial charge in [0.1, 0.15) is 11.6 Å². The second-order valence-electron chi connectivity index (χ2n) is 7.19. The summed E-state index contributed by atoms with van der Waals surface area (Å²) in [5.41, 5.74) is 4.36. The molecule has 0 unspecified atom stereocenters. The SMILES string of the molecule is O=C(/C=C/c1ccc(-c2ccccc2)cc1)Nc1ccc(NCc2ccccc2F)nc1. The zero-order valence-electron chi connectivity index (χ0n) is 17.3. The summed E-state index contributed by atoms with van der Waals surface area (Å²) in [6.07, 6.45) is 4.81. The summed E-state index contributed by atoms with van der Waals surface area (Å²) in [5.74, 6) is 0.0941. The van der Waals surface area contributed by atoms with E-state index in [-0.39, 0.29) is 11.7 Å². The Kier molecular flexibility index (Phi) is 6.68. The van der Waals surface area contributed by atoms with Crippen LogP contribution in [0.4, 0.5) is 15.9 Å². The van der Waals surface area contributed by atoms with E-state index in [1.165, 1.54) is 12.1 Å². The second-order valence-corrected chi connectivity index (χ2v) is 7.19. The van der Waals surface area contributed by atoms with Gasteiger partial charge < -0.3 is 10.6 Å². The Hall–Kier alpha value is -4.25. The van der Waals surface area contributed by atoms with Gasteiger partial charge in [-0.2, -0.15) is 0 Å². The fourth-order valence-electron chi connectivity index (χ4n) is 3.17. The molecule has 0 fully saturated rings. The number of pyridine rings is 1. The third-order valence-electron chi connectivity index (χ3n) is 4.89. The van der Waals surface area contributed by atoms with Crippen LogP contribution in [-0.2, 0) is 11.3 Å². The highest BCUT2D eigenvalue weighted by molar-refractivity contribution is 6.01. The van der Waals surface area contributed by atoms with Gasteiger partial charge in [-0.15, -0.1) is 0 Å². The van der Waals surface area contributed by atoms with Crippen molar-refractivity contribution in [2.24, 2.45) is 0 Å². The van der Waals surface area contributed by atoms with Crippen LogP contribution in [0.5, 0.6) is 0 Å². The molecule has 0 aliphatic heterocycles. The maximum atomic E-state index is 13.7. The lowest BCUT2D eigenvalue weighted by molar-refractivity contribution is -0.111. The molecule has 5 heteroatoms. The maximum Gasteiger partial charge on any atom is 0.248 e. The normalized spacial score (nSPS) is 10.8. The number of rotatable bonds is 7. The molecule has 3 aromatic carbocycles. The molecule has 0 aliphatic rings. The zero-order valence-corrected chi connectivity index (χ0v) is 17.3. The summed E-state index contributed by atoms with van der Waals surface area (Å²) in [7, 11) is 0. The van der Waals surface area contributed by atoms with Gasteiger partial charge >= 0.3 is 0 Å². The molecule has 32 heavy (non-hydrogen) atoms. The quantitative estimate of drug-likeness (QED) is 0.351. The molecule has 0 spiro atoms. The predicted molar refractivity (Wildman–Crippen MR) is 128 cm³/mol. The van der Waals surface area contributed by atoms with Crippen LogP contribution in [0.2, 0.25) is 0 Å². The minimum Gasteiger partial charge on any atom is -0.366 e. The monoisotopic (exact) mass is 423 g/mol. The van der Waals surface area contributed by atoms with Crippen molar-refractivity contribution in [3.05, 3.63) is 120 Å². The molecule has 0 saturated heterocycles. The van der Waals surface area contributed by atoms with Gasteiger partial charge in [0, 0.05) is 18.2 Å². The molecular weight excluding hydrogens is 401 g/mol. The van der Waals surface area contributed by atoms with Gasteiger partial charge in [-0.3, -0.25) is 4.79 Å². The lowest BCUT2D eigenvalue weighted by Gasteiger charge is -2.08. The summed E-state index contributed by atoms with van der Waals surface area (Å²) < 4.78 is 13.7. The molecule has 0 bridgehead atoms. The third kappa shape index (κ3) is 5.67. The Morgan fingerprint density at radius 1 is 0.844 bits per heavy atom. The third-order valence-corrected chi connectivity index (χ3v) is 4.89. The highest BCUT2D eigenvalue weighted by atomic mass is 19.1. The average Bonchev–Trinajstić information content (AvgIpc) is 2.84. The van der Waals surface area contributed by atoms with Crippen LogP contribution in [0, 0.1) is 5.82 Å². The van der Waals surface area contributed by atoms with Crippen molar-refractivity contribution in [3.8, 4) is 11.1 Å². The van der Waals surface area contributed by atoms with E-state index in [1.54, 1.807) is 42.6 Å². The molecule has 2 N–H and O–H groups in total. The molecule has 4 nitrogen and oxygen atoms in total. The number of amides is 1. The molecule has 158 valence electrons. The van der Waals surface area contributed by atoms with Crippen LogP contribution in [0.15, 0.2) is 103 Å². The summed E-state index contributed by atoms with van der Waals surface area (Å²) in [6, 6.07) is 28.2. The average molecular weight is 423 g/mol. The highest BCUT2D eigenvalue weighted by Gasteiger charge is 2.03. The van der Waals surface area contributed by atoms with Crippen LogP contribution < -0.4 is 10.6 Å². The molecule has 0 saturated carbocycles. The van der Waals surface area contributed by atoms with E-state index in [0.717, 1.165) is 16.7 Å². The number of nitrogens with zero attached hydrogens (tertiary/aromatic N) is 1. The van der Waals surface area contributed by atoms with E-state index in [4.69, 9.17) is 0 Å². The number of benzene rings is 3. The van der Waals surface area contributed by atoms with Gasteiger partial charge in [0.2, 0.25) is 5.91 Å². The summed E-state index contributed by atoms with van der Waals surface area (Å²) in [5, 5.41) is 5.85. The van der Waals surface area contributed by atoms with Crippen LogP contribution >= 0.6 is 0 Å². The van der Waals surface area contributed by atoms with Crippen molar-refractivity contribution < 1.29 is 9.18 Å². The second kappa shape index (κ2) is 10.2. The van der Waals surface area contributed by atoms with Crippen molar-refractivity contribution in [1.29, 1.82) is 0 Å². The van der Waals surface area contributed by atoms with Crippen molar-refractivity contribution >= 4 is 23.5 Å². The molecule has 0 radical (unpaired) electrons. The van der Waals surface area contributed by atoms with E-state index < -0.39 is 0 Å². The summed E-state index contributed by atoms with van der Waals surface area (Å²) in [6.45, 7) is 0.331. The molecule has 4 rings (SSSR count). The fourth-order valence-corrected chi connectivity index (χ4v) is 3.17. The largest absolute Gasteiger partial charge is 0.366 e. The topological polar surface area (TPSA) is 54.0 Å². The number of aromatic nitrogens is 1. The van der Waals surface area contributed by atoms with Crippen molar-refractivity contribution in [1.82, 2.24) is 4.98 Å². The van der Waals surface area contributed by atoms with Gasteiger partial charge in [0.15, 0.2) is 0 Å². The minimum absolute atomic E-state index is 0.244. The minimum atomic E-state index is -0.259. The van der Waals surface area contributed by atoms with E-state index in [9.17, 15) is 9.18 Å². The number of hydrogen-bond donors (Lipinski definition) is 2. The van der Waals surface area contributed by atoms with Crippen molar-refractivity contribution in [2.45, 2.75) is 6.54 Å². The number of carbonyl (C=O) groups excluding carboxylic acids is 1. The smallest absolute Gasteiger partial charge is 0.248 e. The van der Waals surface area contributed by atoms with Gasteiger partial charge in [-0.25, -0.2) is 9.37 Å². The van der Waals surface area contributed by atoms with Crippen molar-refractivity contribution in [3.63, 3.8) is 0 Å². The molecule has 0 atom stereocenters. The molecule has 1 heterocycles. The van der Waals surface area contributed by atoms with E-state index >= 15 is 0 Å². The van der Waals surface area contributed by atoms with E-state index in [2.05, 4.69) is 27.8 Å². The van der Waals surface area contributed by atoms with Gasteiger partial charge in [-0.1, -0.05) is 72.8 Å². The Morgan fingerprint density at radius 3 is 2.28 bits per heavy atom. The number of hydrogen-bond acceptors (Lipinski definition) is 3. The number of anilines is 2. The predicted octanol–water partition coefficient (Wildman–Crippen LogP) is 6.15.